The van der Waals surface area contributed by atoms with Crippen molar-refractivity contribution < 1.29 is 19.1 Å². The lowest BCUT2D eigenvalue weighted by Gasteiger charge is -2.44. The van der Waals surface area contributed by atoms with E-state index in [1.165, 1.54) is 7.11 Å². The lowest BCUT2D eigenvalue weighted by molar-refractivity contribution is -0.138. The minimum absolute atomic E-state index is 0.000502. The summed E-state index contributed by atoms with van der Waals surface area (Å²) in [5.41, 5.74) is 6.96. The Hall–Kier alpha value is -3.29. The van der Waals surface area contributed by atoms with E-state index in [1.54, 1.807) is 47.4 Å². The predicted octanol–water partition coefficient (Wildman–Crippen LogP) is 4.05. The summed E-state index contributed by atoms with van der Waals surface area (Å²) in [5, 5.41) is 3.63. The van der Waals surface area contributed by atoms with Crippen LogP contribution in [-0.2, 0) is 24.5 Å². The summed E-state index contributed by atoms with van der Waals surface area (Å²) in [6, 6.07) is 11.8. The van der Waals surface area contributed by atoms with Gasteiger partial charge in [0.25, 0.3) is 0 Å². The van der Waals surface area contributed by atoms with Gasteiger partial charge in [0.1, 0.15) is 16.8 Å². The van der Waals surface area contributed by atoms with Crippen molar-refractivity contribution in [3.63, 3.8) is 0 Å². The van der Waals surface area contributed by atoms with E-state index in [1.807, 2.05) is 0 Å². The standard InChI is InChI=1S/C24H19Cl2N3O4/c1-33-22(31)20-21(27)29(14-5-2-4-12(25)10-14)17-6-3-7-18(30)19(17)24(20)15-11-13(26)8-9-16(15)28-23(24)32/h2,4-5,8-11H,3,6-7,27H2,1H3,(H,28,32). The zero-order chi connectivity index (χ0) is 23.5. The van der Waals surface area contributed by atoms with Crippen molar-refractivity contribution in [2.75, 3.05) is 17.3 Å². The number of hydrogen-bond acceptors (Lipinski definition) is 6. The Kier molecular flexibility index (Phi) is 4.99. The highest BCUT2D eigenvalue weighted by molar-refractivity contribution is 6.32. The number of anilines is 2. The number of carbonyl (C=O) groups is 3. The van der Waals surface area contributed by atoms with Crippen LogP contribution in [0.15, 0.2) is 65.1 Å². The number of allylic oxidation sites excluding steroid dienone is 1. The minimum atomic E-state index is -1.76. The molecule has 1 aliphatic carbocycles. The summed E-state index contributed by atoms with van der Waals surface area (Å²) in [6.07, 6.45) is 1.30. The summed E-state index contributed by atoms with van der Waals surface area (Å²) in [7, 11) is 1.21. The number of methoxy groups -OCH3 is 1. The summed E-state index contributed by atoms with van der Waals surface area (Å²) in [4.78, 5) is 42.1. The van der Waals surface area contributed by atoms with Gasteiger partial charge in [0, 0.05) is 44.7 Å². The molecular weight excluding hydrogens is 465 g/mol. The normalized spacial score (nSPS) is 21.8. The van der Waals surface area contributed by atoms with Crippen LogP contribution >= 0.6 is 23.2 Å². The Morgan fingerprint density at radius 2 is 1.88 bits per heavy atom. The zero-order valence-electron chi connectivity index (χ0n) is 17.6. The smallest absolute Gasteiger partial charge is 0.339 e. The molecule has 0 bridgehead atoms. The first-order valence-corrected chi connectivity index (χ1v) is 11.1. The predicted molar refractivity (Wildman–Crippen MR) is 125 cm³/mol. The Labute approximate surface area is 199 Å². The number of nitrogens with one attached hydrogen (secondary N) is 1. The van der Waals surface area contributed by atoms with Gasteiger partial charge in [0.15, 0.2) is 5.78 Å². The molecule has 33 heavy (non-hydrogen) atoms. The average molecular weight is 484 g/mol. The molecule has 9 heteroatoms. The maximum absolute atomic E-state index is 13.7. The molecule has 2 aromatic carbocycles. The van der Waals surface area contributed by atoms with E-state index in [2.05, 4.69) is 5.32 Å². The third-order valence-corrected chi connectivity index (χ3v) is 6.80. The summed E-state index contributed by atoms with van der Waals surface area (Å²) in [5.74, 6) is -1.59. The number of rotatable bonds is 2. The van der Waals surface area contributed by atoms with Crippen molar-refractivity contribution in [2.45, 2.75) is 24.7 Å². The van der Waals surface area contributed by atoms with Gasteiger partial charge in [-0.15, -0.1) is 0 Å². The van der Waals surface area contributed by atoms with E-state index >= 15 is 0 Å². The van der Waals surface area contributed by atoms with Crippen LogP contribution < -0.4 is 16.0 Å². The van der Waals surface area contributed by atoms with Gasteiger partial charge in [0.2, 0.25) is 5.91 Å². The number of ether oxygens (including phenoxy) is 1. The van der Waals surface area contributed by atoms with Gasteiger partial charge in [-0.3, -0.25) is 14.5 Å². The Morgan fingerprint density at radius 1 is 1.12 bits per heavy atom. The molecule has 0 aromatic heterocycles. The fraction of sp³-hybridized carbons (Fsp3) is 0.208. The molecule has 1 unspecified atom stereocenters. The molecule has 0 fully saturated rings. The van der Waals surface area contributed by atoms with Gasteiger partial charge in [-0.1, -0.05) is 29.3 Å². The van der Waals surface area contributed by atoms with Crippen LogP contribution in [0.5, 0.6) is 0 Å². The first-order chi connectivity index (χ1) is 15.8. The molecule has 168 valence electrons. The van der Waals surface area contributed by atoms with Gasteiger partial charge in [0.05, 0.1) is 7.11 Å². The molecule has 2 heterocycles. The van der Waals surface area contributed by atoms with Crippen molar-refractivity contribution in [1.82, 2.24) is 0 Å². The number of esters is 1. The van der Waals surface area contributed by atoms with Crippen LogP contribution in [-0.4, -0.2) is 24.8 Å². The first kappa shape index (κ1) is 21.6. The fourth-order valence-electron chi connectivity index (χ4n) is 5.09. The molecule has 1 amide bonds. The molecule has 5 rings (SSSR count). The Bertz CT molecular complexity index is 1320. The van der Waals surface area contributed by atoms with Crippen LogP contribution in [0.25, 0.3) is 0 Å². The summed E-state index contributed by atoms with van der Waals surface area (Å²) in [6.45, 7) is 0. The van der Waals surface area contributed by atoms with Crippen LogP contribution in [0, 0.1) is 0 Å². The van der Waals surface area contributed by atoms with E-state index < -0.39 is 17.3 Å². The number of halogens is 2. The van der Waals surface area contributed by atoms with Gasteiger partial charge < -0.3 is 15.8 Å². The summed E-state index contributed by atoms with van der Waals surface area (Å²) >= 11 is 12.5. The minimum Gasteiger partial charge on any atom is -0.466 e. The van der Waals surface area contributed by atoms with Gasteiger partial charge in [-0.05, 0) is 49.2 Å². The van der Waals surface area contributed by atoms with Crippen LogP contribution in [0.4, 0.5) is 11.4 Å². The molecule has 1 spiro atoms. The van der Waals surface area contributed by atoms with E-state index in [-0.39, 0.29) is 29.2 Å². The van der Waals surface area contributed by atoms with E-state index in [0.717, 1.165) is 0 Å². The third kappa shape index (κ3) is 2.92. The Balaban J connectivity index is 1.92. The second kappa shape index (κ2) is 7.64. The molecule has 3 N–H and O–H groups in total. The highest BCUT2D eigenvalue weighted by atomic mass is 35.5. The number of Topliss-reactive ketones (excluding diaryl/α,β-unsaturated/α-hetero) is 1. The zero-order valence-corrected chi connectivity index (χ0v) is 19.1. The first-order valence-electron chi connectivity index (χ1n) is 10.3. The lowest BCUT2D eigenvalue weighted by atomic mass is 9.63. The molecule has 0 saturated carbocycles. The van der Waals surface area contributed by atoms with Crippen molar-refractivity contribution in [3.8, 4) is 0 Å². The van der Waals surface area contributed by atoms with Crippen LogP contribution in [0.2, 0.25) is 10.0 Å². The molecular formula is C24H19Cl2N3O4. The maximum atomic E-state index is 13.7. The molecule has 2 aromatic rings. The third-order valence-electron chi connectivity index (χ3n) is 6.33. The van der Waals surface area contributed by atoms with Crippen molar-refractivity contribution in [3.05, 3.63) is 80.7 Å². The number of hydrogen-bond donors (Lipinski definition) is 2. The van der Waals surface area contributed by atoms with Crippen LogP contribution in [0.3, 0.4) is 0 Å². The van der Waals surface area contributed by atoms with Gasteiger partial charge in [-0.25, -0.2) is 4.79 Å². The molecule has 3 aliphatic rings. The van der Waals surface area contributed by atoms with E-state index in [4.69, 9.17) is 33.7 Å². The van der Waals surface area contributed by atoms with E-state index in [0.29, 0.717) is 45.5 Å². The van der Waals surface area contributed by atoms with Crippen LogP contribution in [0.1, 0.15) is 24.8 Å². The number of fused-ring (bicyclic) bond motifs is 3. The fourth-order valence-corrected chi connectivity index (χ4v) is 5.45. The van der Waals surface area contributed by atoms with E-state index in [9.17, 15) is 14.4 Å². The SMILES string of the molecule is COC(=O)C1=C(N)N(c2cccc(Cl)c2)C2=C(C(=O)CCC2)C12C(=O)Nc1ccc(Cl)cc12. The maximum Gasteiger partial charge on any atom is 0.339 e. The molecule has 0 radical (unpaired) electrons. The second-order valence-corrected chi connectivity index (χ2v) is 8.93. The van der Waals surface area contributed by atoms with Crippen molar-refractivity contribution in [1.29, 1.82) is 0 Å². The summed E-state index contributed by atoms with van der Waals surface area (Å²) < 4.78 is 5.09. The van der Waals surface area contributed by atoms with Crippen molar-refractivity contribution in [2.24, 2.45) is 5.73 Å². The number of nitrogens with two attached hydrogens (primary N) is 1. The number of ketones is 1. The van der Waals surface area contributed by atoms with Gasteiger partial charge >= 0.3 is 5.97 Å². The largest absolute Gasteiger partial charge is 0.466 e. The Morgan fingerprint density at radius 3 is 2.61 bits per heavy atom. The number of amides is 1. The number of nitrogens with zero attached hydrogens (tertiary/aromatic N) is 1. The molecule has 0 saturated heterocycles. The monoisotopic (exact) mass is 483 g/mol. The molecule has 7 nitrogen and oxygen atoms in total. The average Bonchev–Trinajstić information content (AvgIpc) is 3.05. The van der Waals surface area contributed by atoms with Crippen molar-refractivity contribution >= 4 is 52.2 Å². The lowest BCUT2D eigenvalue weighted by Crippen LogP contribution is -2.53. The highest BCUT2D eigenvalue weighted by Gasteiger charge is 2.62. The number of benzene rings is 2. The topological polar surface area (TPSA) is 102 Å². The highest BCUT2D eigenvalue weighted by Crippen LogP contribution is 2.56. The quantitative estimate of drug-likeness (QED) is 0.624. The number of carbonyl (C=O) groups excluding carboxylic acids is 3. The molecule has 2 aliphatic heterocycles. The molecule has 1 atom stereocenters. The van der Waals surface area contributed by atoms with Gasteiger partial charge in [-0.2, -0.15) is 0 Å². The second-order valence-electron chi connectivity index (χ2n) is 8.06.